The van der Waals surface area contributed by atoms with E-state index in [1.54, 1.807) is 36.0 Å². The number of rotatable bonds is 6. The van der Waals surface area contributed by atoms with Gasteiger partial charge >= 0.3 is 11.9 Å². The molecule has 4 aliphatic heterocycles. The number of allylic oxidation sites excluding steroid dienone is 1. The molecule has 3 aromatic heterocycles. The highest BCUT2D eigenvalue weighted by Gasteiger charge is 2.27. The number of aromatic nitrogens is 4. The van der Waals surface area contributed by atoms with Crippen molar-refractivity contribution in [2.45, 2.75) is 11.8 Å². The van der Waals surface area contributed by atoms with Crippen LogP contribution in [-0.4, -0.2) is 75.4 Å². The number of hydrogen-bond donors (Lipinski definition) is 2. The number of ether oxygens (including phenoxy) is 2. The fourth-order valence-corrected chi connectivity index (χ4v) is 8.72. The van der Waals surface area contributed by atoms with Crippen LogP contribution in [0.15, 0.2) is 96.7 Å². The predicted molar refractivity (Wildman–Crippen MR) is 224 cm³/mol. The first-order valence-electron chi connectivity index (χ1n) is 18.1. The van der Waals surface area contributed by atoms with Crippen molar-refractivity contribution in [1.82, 2.24) is 24.8 Å². The first kappa shape index (κ1) is 35.0. The van der Waals surface area contributed by atoms with E-state index in [-0.39, 0.29) is 5.37 Å². The third kappa shape index (κ3) is 6.06. The molecule has 4 aliphatic rings. The van der Waals surface area contributed by atoms with Crippen molar-refractivity contribution in [3.05, 3.63) is 142 Å². The van der Waals surface area contributed by atoms with Crippen molar-refractivity contribution in [1.29, 1.82) is 0 Å². The third-order valence-electron chi connectivity index (χ3n) is 10.5. The smallest absolute Gasteiger partial charge is 0.337 e. The van der Waals surface area contributed by atoms with Crippen molar-refractivity contribution < 1.29 is 23.6 Å². The molecule has 0 aliphatic carbocycles. The molecular formula is C45H37N6O4S+. The first-order chi connectivity index (χ1) is 27.3. The zero-order valence-corrected chi connectivity index (χ0v) is 32.0. The summed E-state index contributed by atoms with van der Waals surface area (Å²) in [6.07, 6.45) is 15.3. The van der Waals surface area contributed by atoms with Crippen LogP contribution in [0.5, 0.6) is 0 Å². The van der Waals surface area contributed by atoms with Crippen molar-refractivity contribution in [3.8, 4) is 22.3 Å². The Morgan fingerprint density at radius 2 is 1.18 bits per heavy atom. The van der Waals surface area contributed by atoms with Crippen LogP contribution in [0.1, 0.15) is 66.4 Å². The van der Waals surface area contributed by atoms with Gasteiger partial charge < -0.3 is 24.3 Å². The molecule has 10 nitrogen and oxygen atoms in total. The van der Waals surface area contributed by atoms with E-state index in [1.165, 1.54) is 14.2 Å². The number of benzene rings is 2. The second-order valence-corrected chi connectivity index (χ2v) is 14.8. The van der Waals surface area contributed by atoms with Gasteiger partial charge in [0.25, 0.3) is 0 Å². The minimum absolute atomic E-state index is 0.0411. The number of H-pyrrole nitrogens is 2. The highest BCUT2D eigenvalue weighted by atomic mass is 32.2. The topological polar surface area (TPSA) is 116 Å². The van der Waals surface area contributed by atoms with Gasteiger partial charge in [0, 0.05) is 46.5 Å². The first-order valence-corrected chi connectivity index (χ1v) is 19.1. The molecule has 0 saturated heterocycles. The van der Waals surface area contributed by atoms with Crippen LogP contribution in [-0.2, 0) is 9.47 Å². The van der Waals surface area contributed by atoms with Gasteiger partial charge in [0.05, 0.1) is 65.6 Å². The van der Waals surface area contributed by atoms with Crippen molar-refractivity contribution >= 4 is 75.8 Å². The molecule has 0 radical (unpaired) electrons. The van der Waals surface area contributed by atoms with E-state index in [1.807, 2.05) is 24.3 Å². The lowest BCUT2D eigenvalue weighted by molar-refractivity contribution is -0.418. The maximum absolute atomic E-state index is 12.4. The second-order valence-electron chi connectivity index (χ2n) is 13.8. The Kier molecular flexibility index (Phi) is 8.86. The molecule has 0 fully saturated rings. The van der Waals surface area contributed by atoms with E-state index in [9.17, 15) is 9.59 Å². The van der Waals surface area contributed by atoms with Crippen molar-refractivity contribution in [3.63, 3.8) is 0 Å². The number of nitrogens with one attached hydrogen (secondary N) is 2. The van der Waals surface area contributed by atoms with E-state index in [4.69, 9.17) is 19.4 Å². The molecule has 7 heterocycles. The second kappa shape index (κ2) is 14.2. The Labute approximate surface area is 327 Å². The Morgan fingerprint density at radius 3 is 1.68 bits per heavy atom. The summed E-state index contributed by atoms with van der Waals surface area (Å²) < 4.78 is 12.1. The summed E-state index contributed by atoms with van der Waals surface area (Å²) >= 11 is 1.72. The number of hydrogen-bond acceptors (Lipinski definition) is 8. The predicted octanol–water partition coefficient (Wildman–Crippen LogP) is 9.06. The van der Waals surface area contributed by atoms with E-state index in [2.05, 4.69) is 106 Å². The maximum atomic E-state index is 12.4. The summed E-state index contributed by atoms with van der Waals surface area (Å²) in [6.45, 7) is 0. The molecule has 0 spiro atoms. The lowest BCUT2D eigenvalue weighted by Crippen LogP contribution is -2.13. The monoisotopic (exact) mass is 757 g/mol. The molecule has 276 valence electrons. The summed E-state index contributed by atoms with van der Waals surface area (Å²) in [4.78, 5) is 45.2. The normalized spacial score (nSPS) is 15.6. The number of thioether (sulfide) groups is 1. The molecule has 0 saturated carbocycles. The van der Waals surface area contributed by atoms with Gasteiger partial charge in [-0.3, -0.25) is 0 Å². The highest BCUT2D eigenvalue weighted by molar-refractivity contribution is 8.02. The molecule has 9 rings (SSSR count). The Morgan fingerprint density at radius 1 is 0.696 bits per heavy atom. The molecule has 2 N–H and O–H groups in total. The fraction of sp³-hybridized carbons (Fsp3) is 0.133. The lowest BCUT2D eigenvalue weighted by atomic mass is 10.0. The van der Waals surface area contributed by atoms with Gasteiger partial charge in [0.1, 0.15) is 12.4 Å². The van der Waals surface area contributed by atoms with Gasteiger partial charge in [-0.25, -0.2) is 24.1 Å². The Hall–Kier alpha value is -6.72. The molecular weight excluding hydrogens is 721 g/mol. The summed E-state index contributed by atoms with van der Waals surface area (Å²) in [5.41, 5.74) is 14.5. The number of nitrogens with zero attached hydrogens (tertiary/aromatic N) is 4. The summed E-state index contributed by atoms with van der Waals surface area (Å²) in [5.74, 6) is -0.782. The van der Waals surface area contributed by atoms with Gasteiger partial charge in [0.2, 0.25) is 0 Å². The van der Waals surface area contributed by atoms with Crippen LogP contribution in [0.3, 0.4) is 0 Å². The number of carbonyl (C=O) groups is 2. The fourth-order valence-electron chi connectivity index (χ4n) is 7.67. The number of methoxy groups -OCH3 is 2. The van der Waals surface area contributed by atoms with E-state index >= 15 is 0 Å². The minimum atomic E-state index is -0.391. The molecule has 1 unspecified atom stereocenters. The number of fused-ring (bicyclic) bond motifs is 8. The van der Waals surface area contributed by atoms with Crippen LogP contribution in [0, 0.1) is 0 Å². The summed E-state index contributed by atoms with van der Waals surface area (Å²) in [6, 6.07) is 23.3. The number of aromatic amines is 2. The van der Waals surface area contributed by atoms with Crippen LogP contribution in [0.2, 0.25) is 0 Å². The zero-order chi connectivity index (χ0) is 38.5. The Bertz CT molecular complexity index is 2730. The average molecular weight is 758 g/mol. The molecule has 2 aromatic carbocycles. The van der Waals surface area contributed by atoms with E-state index in [0.29, 0.717) is 11.1 Å². The molecule has 5 aromatic rings. The van der Waals surface area contributed by atoms with Gasteiger partial charge in [-0.2, -0.15) is 0 Å². The van der Waals surface area contributed by atoms with Gasteiger partial charge in [-0.15, -0.1) is 11.8 Å². The van der Waals surface area contributed by atoms with Crippen LogP contribution < -0.4 is 0 Å². The van der Waals surface area contributed by atoms with E-state index < -0.39 is 11.9 Å². The van der Waals surface area contributed by atoms with Crippen LogP contribution in [0.4, 0.5) is 0 Å². The van der Waals surface area contributed by atoms with Crippen LogP contribution in [0.25, 0.3) is 68.6 Å². The SMILES string of the molecule is COC(=O)c1ccc(-c2c3nc(c(C4SC=CN4C)c4ccc([nH]4)c(-c4ccc(C(=O)OC)cc4)c4nc(c(C5=[N+](C)C=CC5)c5ccc2[nH]5)C=C4)C=C3)cc1. The summed E-state index contributed by atoms with van der Waals surface area (Å²) in [7, 11) is 6.89. The maximum Gasteiger partial charge on any atom is 0.337 e. The Balaban J connectivity index is 1.40. The number of esters is 2. The zero-order valence-electron chi connectivity index (χ0n) is 31.2. The van der Waals surface area contributed by atoms with Gasteiger partial charge in [-0.1, -0.05) is 24.3 Å². The largest absolute Gasteiger partial charge is 0.465 e. The van der Waals surface area contributed by atoms with Crippen molar-refractivity contribution in [2.24, 2.45) is 0 Å². The van der Waals surface area contributed by atoms with Crippen LogP contribution >= 0.6 is 11.8 Å². The van der Waals surface area contributed by atoms with E-state index in [0.717, 1.165) is 90.4 Å². The van der Waals surface area contributed by atoms with Gasteiger partial charge in [-0.05, 0) is 95.4 Å². The molecule has 0 amide bonds. The quantitative estimate of drug-likeness (QED) is 0.128. The lowest BCUT2D eigenvalue weighted by Gasteiger charge is -2.21. The molecule has 1 atom stereocenters. The highest BCUT2D eigenvalue weighted by Crippen LogP contribution is 2.43. The average Bonchev–Trinajstić information content (AvgIpc) is 4.09. The van der Waals surface area contributed by atoms with Crippen molar-refractivity contribution in [2.75, 3.05) is 28.3 Å². The summed E-state index contributed by atoms with van der Waals surface area (Å²) in [5, 5.41) is 2.06. The third-order valence-corrected chi connectivity index (χ3v) is 11.6. The number of carbonyl (C=O) groups excluding carboxylic acids is 2. The molecule has 56 heavy (non-hydrogen) atoms. The molecule has 11 heteroatoms. The standard InChI is InChI=1S/C45H36N6O4S/c1-50-23-5-6-38(50)41-34-19-15-30(46-34)39(26-7-11-28(12-8-26)44(52)54-3)32-17-21-36(48-32)42(43-51(2)24-25-56-43)37-22-18-33(49-37)40(31-16-20-35(41)47-31)27-9-13-29(14-10-27)45(53)55-4/h5,7-25,43H,6H2,1-4H3,(H,46,47,48,49)/p+1. The molecule has 8 bridgehead atoms. The van der Waals surface area contributed by atoms with Gasteiger partial charge in [0.15, 0.2) is 11.9 Å². The minimum Gasteiger partial charge on any atom is -0.465 e.